The van der Waals surface area contributed by atoms with E-state index in [-0.39, 0.29) is 5.91 Å². The first-order valence-corrected chi connectivity index (χ1v) is 10.2. The van der Waals surface area contributed by atoms with Gasteiger partial charge >= 0.3 is 0 Å². The van der Waals surface area contributed by atoms with Gasteiger partial charge in [0.25, 0.3) is 5.91 Å². The molecule has 4 rings (SSSR count). The van der Waals surface area contributed by atoms with Crippen molar-refractivity contribution in [3.05, 3.63) is 75.8 Å². The summed E-state index contributed by atoms with van der Waals surface area (Å²) in [5.74, 6) is 0.878. The first kappa shape index (κ1) is 19.7. The second-order valence-electron chi connectivity index (χ2n) is 7.00. The van der Waals surface area contributed by atoms with Crippen molar-refractivity contribution in [3.63, 3.8) is 0 Å². The summed E-state index contributed by atoms with van der Waals surface area (Å²) in [6.45, 7) is 4.70. The van der Waals surface area contributed by atoms with Crippen molar-refractivity contribution in [2.45, 2.75) is 6.92 Å². The molecule has 0 N–H and O–H groups in total. The van der Waals surface area contributed by atoms with Crippen LogP contribution in [0.1, 0.15) is 15.9 Å². The number of piperazine rings is 1. The third-order valence-corrected chi connectivity index (χ3v) is 5.67. The maximum absolute atomic E-state index is 12.8. The van der Waals surface area contributed by atoms with Gasteiger partial charge in [0, 0.05) is 42.3 Å². The lowest BCUT2D eigenvalue weighted by Gasteiger charge is -2.35. The summed E-state index contributed by atoms with van der Waals surface area (Å²) in [6.07, 6.45) is 0. The SMILES string of the molecule is Cc1ccccc1C(=O)N1CCN(c2ccc(-c3ccc(Cl)cc3Cl)nn2)CC1. The van der Waals surface area contributed by atoms with Crippen molar-refractivity contribution >= 4 is 34.9 Å². The van der Waals surface area contributed by atoms with E-state index in [1.165, 1.54) is 0 Å². The zero-order valence-corrected chi connectivity index (χ0v) is 17.5. The summed E-state index contributed by atoms with van der Waals surface area (Å²) in [7, 11) is 0. The zero-order chi connectivity index (χ0) is 20.4. The van der Waals surface area contributed by atoms with Crippen LogP contribution in [0.2, 0.25) is 10.0 Å². The fourth-order valence-corrected chi connectivity index (χ4v) is 3.96. The molecule has 0 unspecified atom stereocenters. The number of aryl methyl sites for hydroxylation is 1. The molecule has 2 heterocycles. The number of anilines is 1. The van der Waals surface area contributed by atoms with Gasteiger partial charge in [0.05, 0.1) is 10.7 Å². The number of hydrogen-bond donors (Lipinski definition) is 0. The minimum atomic E-state index is 0.0848. The fraction of sp³-hybridized carbons (Fsp3) is 0.227. The maximum atomic E-state index is 12.8. The number of amides is 1. The Balaban J connectivity index is 1.42. The van der Waals surface area contributed by atoms with Crippen LogP contribution in [-0.2, 0) is 0 Å². The molecule has 0 spiro atoms. The lowest BCUT2D eigenvalue weighted by Crippen LogP contribution is -2.49. The Hall–Kier alpha value is -2.63. The summed E-state index contributed by atoms with van der Waals surface area (Å²) in [6, 6.07) is 16.9. The molecule has 1 aliphatic rings. The van der Waals surface area contributed by atoms with E-state index >= 15 is 0 Å². The van der Waals surface area contributed by atoms with Gasteiger partial charge in [0.2, 0.25) is 0 Å². The quantitative estimate of drug-likeness (QED) is 0.607. The van der Waals surface area contributed by atoms with E-state index in [1.54, 1.807) is 12.1 Å². The first-order chi connectivity index (χ1) is 14.0. The van der Waals surface area contributed by atoms with Gasteiger partial charge in [-0.2, -0.15) is 0 Å². The smallest absolute Gasteiger partial charge is 0.254 e. The van der Waals surface area contributed by atoms with Gasteiger partial charge in [-0.05, 0) is 48.9 Å². The van der Waals surface area contributed by atoms with Gasteiger partial charge in [0.1, 0.15) is 0 Å². The number of carbonyl (C=O) groups excluding carboxylic acids is 1. The van der Waals surface area contributed by atoms with Crippen LogP contribution in [0, 0.1) is 6.92 Å². The molecule has 7 heteroatoms. The third-order valence-electron chi connectivity index (χ3n) is 5.12. The highest BCUT2D eigenvalue weighted by Crippen LogP contribution is 2.29. The molecule has 29 heavy (non-hydrogen) atoms. The first-order valence-electron chi connectivity index (χ1n) is 9.42. The molecule has 5 nitrogen and oxygen atoms in total. The Morgan fingerprint density at radius 2 is 1.69 bits per heavy atom. The zero-order valence-electron chi connectivity index (χ0n) is 16.0. The second kappa shape index (κ2) is 8.39. The van der Waals surface area contributed by atoms with Crippen LogP contribution in [0.5, 0.6) is 0 Å². The number of carbonyl (C=O) groups is 1. The highest BCUT2D eigenvalue weighted by molar-refractivity contribution is 6.36. The van der Waals surface area contributed by atoms with E-state index in [0.29, 0.717) is 41.9 Å². The van der Waals surface area contributed by atoms with Crippen LogP contribution in [0.4, 0.5) is 5.82 Å². The Kier molecular flexibility index (Phi) is 5.69. The molecule has 148 valence electrons. The number of nitrogens with zero attached hydrogens (tertiary/aromatic N) is 4. The average Bonchev–Trinajstić information content (AvgIpc) is 2.74. The molecule has 1 aromatic heterocycles. The van der Waals surface area contributed by atoms with Crippen LogP contribution < -0.4 is 4.90 Å². The van der Waals surface area contributed by atoms with E-state index in [1.807, 2.05) is 54.3 Å². The monoisotopic (exact) mass is 426 g/mol. The van der Waals surface area contributed by atoms with E-state index in [4.69, 9.17) is 23.2 Å². The van der Waals surface area contributed by atoms with Crippen molar-refractivity contribution in [1.29, 1.82) is 0 Å². The van der Waals surface area contributed by atoms with Crippen LogP contribution in [0.15, 0.2) is 54.6 Å². The Bertz CT molecular complexity index is 1030. The van der Waals surface area contributed by atoms with Crippen molar-refractivity contribution < 1.29 is 4.79 Å². The van der Waals surface area contributed by atoms with Gasteiger partial charge in [-0.15, -0.1) is 10.2 Å². The highest BCUT2D eigenvalue weighted by Gasteiger charge is 2.24. The predicted octanol–water partition coefficient (Wildman–Crippen LogP) is 4.72. The molecule has 3 aromatic rings. The fourth-order valence-electron chi connectivity index (χ4n) is 3.46. The molecule has 1 fully saturated rings. The Morgan fingerprint density at radius 1 is 0.931 bits per heavy atom. The molecule has 0 saturated carbocycles. The molecule has 0 bridgehead atoms. The Labute approximate surface area is 179 Å². The summed E-state index contributed by atoms with van der Waals surface area (Å²) in [5, 5.41) is 9.82. The molecule has 0 aliphatic carbocycles. The molecule has 0 atom stereocenters. The van der Waals surface area contributed by atoms with Gasteiger partial charge in [0.15, 0.2) is 5.82 Å². The van der Waals surface area contributed by atoms with E-state index in [0.717, 1.165) is 22.5 Å². The average molecular weight is 427 g/mol. The van der Waals surface area contributed by atoms with Crippen molar-refractivity contribution in [1.82, 2.24) is 15.1 Å². The van der Waals surface area contributed by atoms with Gasteiger partial charge in [-0.1, -0.05) is 41.4 Å². The number of aromatic nitrogens is 2. The van der Waals surface area contributed by atoms with E-state index in [9.17, 15) is 4.79 Å². The topological polar surface area (TPSA) is 49.3 Å². The van der Waals surface area contributed by atoms with E-state index < -0.39 is 0 Å². The van der Waals surface area contributed by atoms with Crippen LogP contribution >= 0.6 is 23.2 Å². The number of rotatable bonds is 3. The number of halogens is 2. The molecular weight excluding hydrogens is 407 g/mol. The number of hydrogen-bond acceptors (Lipinski definition) is 4. The minimum absolute atomic E-state index is 0.0848. The van der Waals surface area contributed by atoms with Crippen molar-refractivity contribution in [2.24, 2.45) is 0 Å². The summed E-state index contributed by atoms with van der Waals surface area (Å²) in [5.41, 5.74) is 3.26. The maximum Gasteiger partial charge on any atom is 0.254 e. The summed E-state index contributed by atoms with van der Waals surface area (Å²) >= 11 is 12.2. The van der Waals surface area contributed by atoms with Gasteiger partial charge < -0.3 is 9.80 Å². The van der Waals surface area contributed by atoms with Gasteiger partial charge in [-0.25, -0.2) is 0 Å². The largest absolute Gasteiger partial charge is 0.352 e. The number of benzene rings is 2. The van der Waals surface area contributed by atoms with Crippen LogP contribution in [0.3, 0.4) is 0 Å². The standard InChI is InChI=1S/C22H20Cl2N4O/c1-15-4-2-3-5-17(15)22(29)28-12-10-27(11-13-28)21-9-8-20(25-26-21)18-7-6-16(23)14-19(18)24/h2-9,14H,10-13H2,1H3. The lowest BCUT2D eigenvalue weighted by molar-refractivity contribution is 0.0745. The molecule has 1 aliphatic heterocycles. The minimum Gasteiger partial charge on any atom is -0.352 e. The molecular formula is C22H20Cl2N4O. The van der Waals surface area contributed by atoms with E-state index in [2.05, 4.69) is 15.1 Å². The molecule has 1 amide bonds. The van der Waals surface area contributed by atoms with Gasteiger partial charge in [-0.3, -0.25) is 4.79 Å². The normalized spacial score (nSPS) is 14.2. The second-order valence-corrected chi connectivity index (χ2v) is 7.84. The highest BCUT2D eigenvalue weighted by atomic mass is 35.5. The van der Waals surface area contributed by atoms with Crippen molar-refractivity contribution in [3.8, 4) is 11.3 Å². The molecule has 2 aromatic carbocycles. The van der Waals surface area contributed by atoms with Crippen LogP contribution in [-0.4, -0.2) is 47.2 Å². The Morgan fingerprint density at radius 3 is 2.34 bits per heavy atom. The predicted molar refractivity (Wildman–Crippen MR) is 117 cm³/mol. The summed E-state index contributed by atoms with van der Waals surface area (Å²) in [4.78, 5) is 16.8. The molecule has 1 saturated heterocycles. The summed E-state index contributed by atoms with van der Waals surface area (Å²) < 4.78 is 0. The lowest BCUT2D eigenvalue weighted by atomic mass is 10.1. The van der Waals surface area contributed by atoms with Crippen LogP contribution in [0.25, 0.3) is 11.3 Å². The van der Waals surface area contributed by atoms with Crippen molar-refractivity contribution in [2.75, 3.05) is 31.1 Å². The third kappa shape index (κ3) is 4.21. The molecule has 0 radical (unpaired) electrons.